The smallest absolute Gasteiger partial charge is 0.328 e. The van der Waals surface area contributed by atoms with Crippen molar-refractivity contribution >= 4 is 5.97 Å². The van der Waals surface area contributed by atoms with Gasteiger partial charge in [0.1, 0.15) is 18.0 Å². The summed E-state index contributed by atoms with van der Waals surface area (Å²) < 4.78 is 25.3. The molecular formula is C18H21FN2O3. The maximum Gasteiger partial charge on any atom is 0.328 e. The lowest BCUT2D eigenvalue weighted by atomic mass is 10.0. The molecule has 0 N–H and O–H groups in total. The van der Waals surface area contributed by atoms with Gasteiger partial charge in [0.2, 0.25) is 0 Å². The van der Waals surface area contributed by atoms with Gasteiger partial charge in [0.15, 0.2) is 0 Å². The van der Waals surface area contributed by atoms with Crippen molar-refractivity contribution in [3.8, 4) is 6.07 Å². The summed E-state index contributed by atoms with van der Waals surface area (Å²) in [7, 11) is 0. The summed E-state index contributed by atoms with van der Waals surface area (Å²) in [6.45, 7) is 2.09. The van der Waals surface area contributed by atoms with E-state index in [4.69, 9.17) is 14.7 Å². The molecule has 1 aromatic rings. The molecule has 1 aliphatic carbocycles. The molecule has 128 valence electrons. The van der Waals surface area contributed by atoms with Crippen LogP contribution in [-0.2, 0) is 14.3 Å². The number of halogens is 1. The van der Waals surface area contributed by atoms with Gasteiger partial charge in [0.25, 0.3) is 0 Å². The Kier molecular flexibility index (Phi) is 5.44. The van der Waals surface area contributed by atoms with E-state index in [0.29, 0.717) is 38.3 Å². The molecule has 5 nitrogen and oxygen atoms in total. The molecule has 1 heterocycles. The zero-order valence-corrected chi connectivity index (χ0v) is 13.5. The van der Waals surface area contributed by atoms with Crippen LogP contribution in [0.5, 0.6) is 0 Å². The number of hydrogen-bond donors (Lipinski definition) is 0. The molecule has 1 aromatic carbocycles. The fourth-order valence-corrected chi connectivity index (χ4v) is 3.43. The summed E-state index contributed by atoms with van der Waals surface area (Å²) in [6.07, 6.45) is 1.92. The zero-order chi connectivity index (χ0) is 16.9. The van der Waals surface area contributed by atoms with Crippen LogP contribution in [0.2, 0.25) is 0 Å². The minimum atomic E-state index is -0.796. The lowest BCUT2D eigenvalue weighted by molar-refractivity contribution is -0.158. The van der Waals surface area contributed by atoms with Crippen molar-refractivity contribution in [1.82, 2.24) is 4.90 Å². The number of morpholine rings is 1. The van der Waals surface area contributed by atoms with Crippen molar-refractivity contribution in [2.45, 2.75) is 31.4 Å². The third-order valence-electron chi connectivity index (χ3n) is 4.72. The molecule has 0 amide bonds. The number of benzene rings is 1. The fourth-order valence-electron chi connectivity index (χ4n) is 3.43. The Hall–Kier alpha value is -1.97. The van der Waals surface area contributed by atoms with Crippen LogP contribution in [0.25, 0.3) is 0 Å². The average molecular weight is 332 g/mol. The lowest BCUT2D eigenvalue weighted by Gasteiger charge is -2.34. The second-order valence-corrected chi connectivity index (χ2v) is 6.21. The van der Waals surface area contributed by atoms with E-state index in [1.807, 2.05) is 4.90 Å². The largest absolute Gasteiger partial charge is 0.460 e. The maximum atomic E-state index is 14.3. The first kappa shape index (κ1) is 16.9. The Bertz CT molecular complexity index is 625. The van der Waals surface area contributed by atoms with Gasteiger partial charge in [0, 0.05) is 18.7 Å². The molecule has 0 unspecified atom stereocenters. The number of carbonyl (C=O) groups is 1. The van der Waals surface area contributed by atoms with Crippen LogP contribution in [0.3, 0.4) is 0 Å². The summed E-state index contributed by atoms with van der Waals surface area (Å²) >= 11 is 0. The first-order valence-electron chi connectivity index (χ1n) is 8.37. The van der Waals surface area contributed by atoms with Crippen molar-refractivity contribution in [1.29, 1.82) is 5.26 Å². The molecule has 2 fully saturated rings. The molecule has 3 atom stereocenters. The molecular weight excluding hydrogens is 311 g/mol. The van der Waals surface area contributed by atoms with Gasteiger partial charge in [-0.05, 0) is 25.3 Å². The van der Waals surface area contributed by atoms with E-state index in [1.165, 1.54) is 6.07 Å². The van der Waals surface area contributed by atoms with Crippen molar-refractivity contribution < 1.29 is 18.7 Å². The number of nitrogens with zero attached hydrogens (tertiary/aromatic N) is 2. The van der Waals surface area contributed by atoms with E-state index < -0.39 is 23.9 Å². The highest BCUT2D eigenvalue weighted by molar-refractivity contribution is 5.78. The summed E-state index contributed by atoms with van der Waals surface area (Å²) in [5.74, 6) is -1.16. The van der Waals surface area contributed by atoms with Gasteiger partial charge in [-0.2, -0.15) is 5.26 Å². The monoisotopic (exact) mass is 332 g/mol. The molecule has 0 spiro atoms. The molecule has 1 aliphatic heterocycles. The normalized spacial score (nSPS) is 25.8. The van der Waals surface area contributed by atoms with Crippen LogP contribution in [0.15, 0.2) is 24.3 Å². The molecule has 1 saturated heterocycles. The van der Waals surface area contributed by atoms with Gasteiger partial charge < -0.3 is 9.47 Å². The van der Waals surface area contributed by atoms with Gasteiger partial charge in [-0.25, -0.2) is 9.18 Å². The van der Waals surface area contributed by atoms with Crippen molar-refractivity contribution in [3.05, 3.63) is 35.6 Å². The Morgan fingerprint density at radius 3 is 2.79 bits per heavy atom. The fraction of sp³-hybridized carbons (Fsp3) is 0.556. The lowest BCUT2D eigenvalue weighted by Crippen LogP contribution is -2.44. The summed E-state index contributed by atoms with van der Waals surface area (Å²) in [5.41, 5.74) is 0.316. The minimum Gasteiger partial charge on any atom is -0.460 e. The van der Waals surface area contributed by atoms with Gasteiger partial charge in [0.05, 0.1) is 25.2 Å². The average Bonchev–Trinajstić information content (AvgIpc) is 3.05. The van der Waals surface area contributed by atoms with E-state index in [9.17, 15) is 9.18 Å². The second kappa shape index (κ2) is 7.73. The predicted octanol–water partition coefficient (Wildman–Crippen LogP) is 2.43. The first-order valence-corrected chi connectivity index (χ1v) is 8.37. The van der Waals surface area contributed by atoms with E-state index >= 15 is 0 Å². The molecule has 3 rings (SSSR count). The Balaban J connectivity index is 1.82. The predicted molar refractivity (Wildman–Crippen MR) is 84.4 cm³/mol. The molecule has 1 saturated carbocycles. The van der Waals surface area contributed by atoms with Gasteiger partial charge in [-0.3, -0.25) is 4.90 Å². The minimum absolute atomic E-state index is 0.264. The number of nitriles is 1. The maximum absolute atomic E-state index is 14.3. The Morgan fingerprint density at radius 2 is 2.08 bits per heavy atom. The number of esters is 1. The number of hydrogen-bond acceptors (Lipinski definition) is 5. The summed E-state index contributed by atoms with van der Waals surface area (Å²) in [5, 5.41) is 9.17. The summed E-state index contributed by atoms with van der Waals surface area (Å²) in [4.78, 5) is 14.7. The molecule has 0 aromatic heterocycles. The van der Waals surface area contributed by atoms with Crippen molar-refractivity contribution in [2.24, 2.45) is 5.92 Å². The standard InChI is InChI=1S/C18H21FN2O3/c19-15-6-2-1-5-14(15)17(21-8-10-23-11-9-21)18(22)24-16-7-3-4-13(16)12-20/h1-2,5-6,13,16-17H,3-4,7-11H2/t13-,16-,17+/m0/s1. The highest BCUT2D eigenvalue weighted by Crippen LogP contribution is 2.31. The third kappa shape index (κ3) is 3.58. The van der Waals surface area contributed by atoms with Crippen molar-refractivity contribution in [2.75, 3.05) is 26.3 Å². The van der Waals surface area contributed by atoms with Crippen LogP contribution >= 0.6 is 0 Å². The second-order valence-electron chi connectivity index (χ2n) is 6.21. The van der Waals surface area contributed by atoms with Crippen LogP contribution in [0.1, 0.15) is 30.9 Å². The number of rotatable bonds is 4. The van der Waals surface area contributed by atoms with Crippen LogP contribution < -0.4 is 0 Å². The van der Waals surface area contributed by atoms with Gasteiger partial charge in [-0.1, -0.05) is 18.2 Å². The molecule has 0 bridgehead atoms. The molecule has 0 radical (unpaired) electrons. The number of ether oxygens (including phenoxy) is 2. The zero-order valence-electron chi connectivity index (χ0n) is 13.5. The molecule has 6 heteroatoms. The summed E-state index contributed by atoms with van der Waals surface area (Å²) in [6, 6.07) is 7.69. The Labute approximate surface area is 141 Å². The number of carbonyl (C=O) groups excluding carboxylic acids is 1. The van der Waals surface area contributed by atoms with E-state index in [2.05, 4.69) is 6.07 Å². The third-order valence-corrected chi connectivity index (χ3v) is 4.72. The topological polar surface area (TPSA) is 62.6 Å². The quantitative estimate of drug-likeness (QED) is 0.793. The van der Waals surface area contributed by atoms with E-state index in [1.54, 1.807) is 18.2 Å². The van der Waals surface area contributed by atoms with Crippen LogP contribution in [0.4, 0.5) is 4.39 Å². The van der Waals surface area contributed by atoms with Crippen LogP contribution in [0, 0.1) is 23.1 Å². The van der Waals surface area contributed by atoms with Crippen molar-refractivity contribution in [3.63, 3.8) is 0 Å². The first-order chi connectivity index (χ1) is 11.7. The Morgan fingerprint density at radius 1 is 1.33 bits per heavy atom. The highest BCUT2D eigenvalue weighted by Gasteiger charge is 2.37. The SMILES string of the molecule is N#C[C@@H]1CCC[C@@H]1OC(=O)[C@@H](c1ccccc1F)N1CCOCC1. The molecule has 2 aliphatic rings. The van der Waals surface area contributed by atoms with E-state index in [-0.39, 0.29) is 5.92 Å². The van der Waals surface area contributed by atoms with Gasteiger partial charge in [-0.15, -0.1) is 0 Å². The van der Waals surface area contributed by atoms with Gasteiger partial charge >= 0.3 is 5.97 Å². The highest BCUT2D eigenvalue weighted by atomic mass is 19.1. The molecule has 24 heavy (non-hydrogen) atoms. The van der Waals surface area contributed by atoms with E-state index in [0.717, 1.165) is 12.8 Å². The van der Waals surface area contributed by atoms with Crippen LogP contribution in [-0.4, -0.2) is 43.3 Å².